The maximum absolute atomic E-state index is 13.7. The molecule has 0 spiro atoms. The first-order chi connectivity index (χ1) is 9.50. The molecule has 0 saturated carbocycles. The van der Waals surface area contributed by atoms with Gasteiger partial charge in [-0.05, 0) is 47.3 Å². The summed E-state index contributed by atoms with van der Waals surface area (Å²) in [6.45, 7) is 0.356. The van der Waals surface area contributed by atoms with Gasteiger partial charge >= 0.3 is 12.0 Å². The molecule has 1 atom stereocenters. The molecule has 5 nitrogen and oxygen atoms in total. The second-order valence-corrected chi connectivity index (χ2v) is 5.42. The van der Waals surface area contributed by atoms with Crippen molar-refractivity contribution in [1.29, 1.82) is 0 Å². The van der Waals surface area contributed by atoms with Gasteiger partial charge in [0, 0.05) is 11.0 Å². The molecule has 1 unspecified atom stereocenters. The monoisotopic (exact) mass is 344 g/mol. The third-order valence-electron chi connectivity index (χ3n) is 3.24. The molecule has 0 aliphatic carbocycles. The van der Waals surface area contributed by atoms with Gasteiger partial charge in [-0.25, -0.2) is 14.0 Å². The van der Waals surface area contributed by atoms with Crippen LogP contribution in [0.25, 0.3) is 0 Å². The highest BCUT2D eigenvalue weighted by molar-refractivity contribution is 9.10. The molecule has 2 amide bonds. The Kier molecular flexibility index (Phi) is 4.59. The molecular weight excluding hydrogens is 331 g/mol. The first kappa shape index (κ1) is 14.8. The van der Waals surface area contributed by atoms with Gasteiger partial charge in [-0.1, -0.05) is 6.07 Å². The van der Waals surface area contributed by atoms with Crippen molar-refractivity contribution in [2.75, 3.05) is 11.9 Å². The zero-order valence-corrected chi connectivity index (χ0v) is 12.2. The first-order valence-corrected chi connectivity index (χ1v) is 7.04. The highest BCUT2D eigenvalue weighted by atomic mass is 79.9. The van der Waals surface area contributed by atoms with E-state index in [9.17, 15) is 14.0 Å². The molecule has 1 aliphatic rings. The summed E-state index contributed by atoms with van der Waals surface area (Å²) in [6, 6.07) is 2.89. The van der Waals surface area contributed by atoms with Gasteiger partial charge in [-0.3, -0.25) is 0 Å². The number of carbonyl (C=O) groups excluding carboxylic acids is 1. The zero-order chi connectivity index (χ0) is 14.7. The molecule has 20 heavy (non-hydrogen) atoms. The number of hydrogen-bond acceptors (Lipinski definition) is 2. The summed E-state index contributed by atoms with van der Waals surface area (Å²) in [4.78, 5) is 24.5. The molecule has 1 aromatic rings. The number of urea groups is 1. The average Bonchev–Trinajstić information content (AvgIpc) is 2.43. The number of anilines is 1. The van der Waals surface area contributed by atoms with E-state index in [1.54, 1.807) is 6.07 Å². The molecule has 0 aromatic heterocycles. The van der Waals surface area contributed by atoms with Crippen molar-refractivity contribution in [2.45, 2.75) is 25.3 Å². The van der Waals surface area contributed by atoms with Crippen LogP contribution in [-0.2, 0) is 4.79 Å². The van der Waals surface area contributed by atoms with Crippen LogP contribution in [0.3, 0.4) is 0 Å². The minimum absolute atomic E-state index is 0.0206. The fourth-order valence-electron chi connectivity index (χ4n) is 2.23. The lowest BCUT2D eigenvalue weighted by Gasteiger charge is -2.33. The number of halogens is 2. The molecule has 1 saturated heterocycles. The number of nitrogens with zero attached hydrogens (tertiary/aromatic N) is 1. The standard InChI is InChI=1S/C13H14BrFN2O3/c14-8-4-3-5-9(15)11(8)16-13(20)17-7-2-1-6-10(17)12(18)19/h3-5,10H,1-2,6-7H2,(H,16,20)(H,18,19). The predicted molar refractivity (Wildman–Crippen MR) is 75.1 cm³/mol. The van der Waals surface area contributed by atoms with Crippen molar-refractivity contribution in [1.82, 2.24) is 4.90 Å². The minimum Gasteiger partial charge on any atom is -0.480 e. The number of piperidine rings is 1. The van der Waals surface area contributed by atoms with Crippen molar-refractivity contribution >= 4 is 33.6 Å². The van der Waals surface area contributed by atoms with Crippen molar-refractivity contribution in [3.63, 3.8) is 0 Å². The summed E-state index contributed by atoms with van der Waals surface area (Å²) in [5.74, 6) is -1.61. The maximum Gasteiger partial charge on any atom is 0.326 e. The lowest BCUT2D eigenvalue weighted by Crippen LogP contribution is -2.49. The van der Waals surface area contributed by atoms with Crippen LogP contribution in [0.1, 0.15) is 19.3 Å². The largest absolute Gasteiger partial charge is 0.480 e. The number of carboxylic acids is 1. The molecule has 1 heterocycles. The maximum atomic E-state index is 13.7. The van der Waals surface area contributed by atoms with Crippen LogP contribution >= 0.6 is 15.9 Å². The smallest absolute Gasteiger partial charge is 0.326 e. The van der Waals surface area contributed by atoms with Gasteiger partial charge in [0.25, 0.3) is 0 Å². The van der Waals surface area contributed by atoms with Gasteiger partial charge < -0.3 is 15.3 Å². The van der Waals surface area contributed by atoms with Crippen LogP contribution < -0.4 is 5.32 Å². The number of carbonyl (C=O) groups is 2. The summed E-state index contributed by atoms with van der Waals surface area (Å²) in [5, 5.41) is 11.6. The fraction of sp³-hybridized carbons (Fsp3) is 0.385. The highest BCUT2D eigenvalue weighted by Crippen LogP contribution is 2.26. The van der Waals surface area contributed by atoms with E-state index in [0.29, 0.717) is 17.4 Å². The van der Waals surface area contributed by atoms with E-state index in [1.165, 1.54) is 17.0 Å². The van der Waals surface area contributed by atoms with Crippen LogP contribution in [0.4, 0.5) is 14.9 Å². The van der Waals surface area contributed by atoms with E-state index >= 15 is 0 Å². The lowest BCUT2D eigenvalue weighted by molar-refractivity contribution is -0.143. The normalized spacial score (nSPS) is 18.7. The van der Waals surface area contributed by atoms with Crippen LogP contribution in [0.2, 0.25) is 0 Å². The van der Waals surface area contributed by atoms with E-state index in [1.807, 2.05) is 0 Å². The van der Waals surface area contributed by atoms with Crippen molar-refractivity contribution in [3.8, 4) is 0 Å². The Labute approximate surface area is 123 Å². The van der Waals surface area contributed by atoms with Gasteiger partial charge in [0.1, 0.15) is 11.9 Å². The minimum atomic E-state index is -1.03. The first-order valence-electron chi connectivity index (χ1n) is 6.25. The Morgan fingerprint density at radius 1 is 1.40 bits per heavy atom. The Morgan fingerprint density at radius 2 is 2.15 bits per heavy atom. The Morgan fingerprint density at radius 3 is 2.80 bits per heavy atom. The third-order valence-corrected chi connectivity index (χ3v) is 3.90. The van der Waals surface area contributed by atoms with Crippen LogP contribution in [0, 0.1) is 5.82 Å². The average molecular weight is 345 g/mol. The SMILES string of the molecule is O=C(O)C1CCCCN1C(=O)Nc1c(F)cccc1Br. The zero-order valence-electron chi connectivity index (χ0n) is 10.6. The van der Waals surface area contributed by atoms with E-state index in [2.05, 4.69) is 21.2 Å². The number of aliphatic carboxylic acids is 1. The van der Waals surface area contributed by atoms with Gasteiger partial charge in [-0.15, -0.1) is 0 Å². The lowest BCUT2D eigenvalue weighted by atomic mass is 10.0. The summed E-state index contributed by atoms with van der Waals surface area (Å²) < 4.78 is 14.1. The second-order valence-electron chi connectivity index (χ2n) is 4.57. The molecule has 7 heteroatoms. The van der Waals surface area contributed by atoms with Gasteiger partial charge in [-0.2, -0.15) is 0 Å². The summed E-state index contributed by atoms with van der Waals surface area (Å²) in [7, 11) is 0. The molecule has 0 bridgehead atoms. The molecule has 0 radical (unpaired) electrons. The number of amides is 2. The number of carboxylic acid groups (broad SMARTS) is 1. The Bertz CT molecular complexity index is 518. The third kappa shape index (κ3) is 3.09. The van der Waals surface area contributed by atoms with Crippen LogP contribution in [-0.4, -0.2) is 34.6 Å². The Hall–Kier alpha value is -1.63. The van der Waals surface area contributed by atoms with Gasteiger partial charge in [0.05, 0.1) is 5.69 Å². The number of benzene rings is 1. The van der Waals surface area contributed by atoms with Crippen molar-refractivity contribution < 1.29 is 19.1 Å². The van der Waals surface area contributed by atoms with Gasteiger partial charge in [0.2, 0.25) is 0 Å². The van der Waals surface area contributed by atoms with Crippen molar-refractivity contribution in [2.24, 2.45) is 0 Å². The van der Waals surface area contributed by atoms with Crippen LogP contribution in [0.5, 0.6) is 0 Å². The molecular formula is C13H14BrFN2O3. The fourth-order valence-corrected chi connectivity index (χ4v) is 2.67. The number of likely N-dealkylation sites (tertiary alicyclic amines) is 1. The van der Waals surface area contributed by atoms with E-state index in [0.717, 1.165) is 12.8 Å². The number of nitrogens with one attached hydrogen (secondary N) is 1. The van der Waals surface area contributed by atoms with Crippen LogP contribution in [0.15, 0.2) is 22.7 Å². The molecule has 108 valence electrons. The number of rotatable bonds is 2. The summed E-state index contributed by atoms with van der Waals surface area (Å²) >= 11 is 3.15. The van der Waals surface area contributed by atoms with Gasteiger partial charge in [0.15, 0.2) is 0 Å². The Balaban J connectivity index is 2.16. The van der Waals surface area contributed by atoms with Crippen molar-refractivity contribution in [3.05, 3.63) is 28.5 Å². The second kappa shape index (κ2) is 6.21. The molecule has 2 rings (SSSR count). The van der Waals surface area contributed by atoms with E-state index in [-0.39, 0.29) is 5.69 Å². The van der Waals surface area contributed by atoms with E-state index < -0.39 is 23.9 Å². The number of para-hydroxylation sites is 1. The predicted octanol–water partition coefficient (Wildman–Crippen LogP) is 3.06. The van der Waals surface area contributed by atoms with E-state index in [4.69, 9.17) is 5.11 Å². The topological polar surface area (TPSA) is 69.6 Å². The quantitative estimate of drug-likeness (QED) is 0.866. The highest BCUT2D eigenvalue weighted by Gasteiger charge is 2.32. The number of hydrogen-bond donors (Lipinski definition) is 2. The molecule has 1 aromatic carbocycles. The summed E-state index contributed by atoms with van der Waals surface area (Å²) in [5.41, 5.74) is 0.0206. The molecule has 2 N–H and O–H groups in total. The summed E-state index contributed by atoms with van der Waals surface area (Å²) in [6.07, 6.45) is 1.93. The molecule has 1 aliphatic heterocycles. The molecule has 1 fully saturated rings.